The van der Waals surface area contributed by atoms with Crippen molar-refractivity contribution in [2.45, 2.75) is 25.3 Å². The number of methoxy groups -OCH3 is 1. The number of hydrogen-bond donors (Lipinski definition) is 1. The van der Waals surface area contributed by atoms with Crippen molar-refractivity contribution in [2.24, 2.45) is 0 Å². The SMILES string of the molecule is COC(=O)c1nnn(Cc2cscn2)c1C1CCNCC1. The van der Waals surface area contributed by atoms with Gasteiger partial charge in [0, 0.05) is 11.3 Å². The van der Waals surface area contributed by atoms with E-state index >= 15 is 0 Å². The summed E-state index contributed by atoms with van der Waals surface area (Å²) in [4.78, 5) is 16.2. The zero-order valence-corrected chi connectivity index (χ0v) is 12.6. The number of ether oxygens (including phenoxy) is 1. The lowest BCUT2D eigenvalue weighted by molar-refractivity contribution is 0.0591. The van der Waals surface area contributed by atoms with Gasteiger partial charge in [-0.2, -0.15) is 0 Å². The quantitative estimate of drug-likeness (QED) is 0.850. The van der Waals surface area contributed by atoms with Crippen LogP contribution in [-0.4, -0.2) is 46.1 Å². The van der Waals surface area contributed by atoms with E-state index in [9.17, 15) is 4.79 Å². The lowest BCUT2D eigenvalue weighted by Gasteiger charge is -2.23. The van der Waals surface area contributed by atoms with Crippen molar-refractivity contribution in [3.05, 3.63) is 28.0 Å². The maximum absolute atomic E-state index is 11.9. The first-order valence-corrected chi connectivity index (χ1v) is 7.83. The Morgan fingerprint density at radius 3 is 3.00 bits per heavy atom. The van der Waals surface area contributed by atoms with Gasteiger partial charge < -0.3 is 10.1 Å². The summed E-state index contributed by atoms with van der Waals surface area (Å²) in [6.07, 6.45) is 1.93. The number of carbonyl (C=O) groups excluding carboxylic acids is 1. The fraction of sp³-hybridized carbons (Fsp3) is 0.538. The summed E-state index contributed by atoms with van der Waals surface area (Å²) in [5.41, 5.74) is 3.92. The Morgan fingerprint density at radius 2 is 2.33 bits per heavy atom. The number of aromatic nitrogens is 4. The number of rotatable bonds is 4. The predicted molar refractivity (Wildman–Crippen MR) is 77.4 cm³/mol. The van der Waals surface area contributed by atoms with Crippen molar-refractivity contribution in [2.75, 3.05) is 20.2 Å². The van der Waals surface area contributed by atoms with E-state index in [2.05, 4.69) is 20.6 Å². The second-order valence-electron chi connectivity index (χ2n) is 4.98. The first-order valence-electron chi connectivity index (χ1n) is 6.89. The Labute approximate surface area is 126 Å². The van der Waals surface area contributed by atoms with E-state index in [0.717, 1.165) is 37.3 Å². The van der Waals surface area contributed by atoms with Gasteiger partial charge in [-0.25, -0.2) is 14.5 Å². The van der Waals surface area contributed by atoms with Crippen molar-refractivity contribution in [1.29, 1.82) is 0 Å². The number of piperidine rings is 1. The average molecular weight is 307 g/mol. The largest absolute Gasteiger partial charge is 0.464 e. The molecule has 0 unspecified atom stereocenters. The zero-order valence-electron chi connectivity index (χ0n) is 11.8. The second kappa shape index (κ2) is 6.31. The Kier molecular flexibility index (Phi) is 4.26. The van der Waals surface area contributed by atoms with Crippen molar-refractivity contribution in [3.63, 3.8) is 0 Å². The van der Waals surface area contributed by atoms with Gasteiger partial charge in [-0.1, -0.05) is 5.21 Å². The molecule has 1 aliphatic heterocycles. The Balaban J connectivity index is 1.94. The lowest BCUT2D eigenvalue weighted by Crippen LogP contribution is -2.29. The number of nitrogens with one attached hydrogen (secondary N) is 1. The topological polar surface area (TPSA) is 81.9 Å². The standard InChI is InChI=1S/C13H17N5O2S/c1-20-13(19)11-12(9-2-4-14-5-3-9)18(17-16-11)6-10-7-21-8-15-10/h7-9,14H,2-6H2,1H3. The lowest BCUT2D eigenvalue weighted by atomic mass is 9.93. The highest BCUT2D eigenvalue weighted by Crippen LogP contribution is 2.28. The van der Waals surface area contributed by atoms with Crippen LogP contribution >= 0.6 is 11.3 Å². The molecule has 21 heavy (non-hydrogen) atoms. The summed E-state index contributed by atoms with van der Waals surface area (Å²) in [7, 11) is 1.37. The van der Waals surface area contributed by atoms with Gasteiger partial charge >= 0.3 is 5.97 Å². The molecule has 7 nitrogen and oxygen atoms in total. The number of nitrogens with zero attached hydrogens (tertiary/aromatic N) is 4. The number of carbonyl (C=O) groups is 1. The van der Waals surface area contributed by atoms with Gasteiger partial charge in [0.05, 0.1) is 30.6 Å². The molecule has 0 saturated carbocycles. The Hall–Kier alpha value is -1.80. The number of hydrogen-bond acceptors (Lipinski definition) is 7. The van der Waals surface area contributed by atoms with E-state index in [-0.39, 0.29) is 5.92 Å². The minimum Gasteiger partial charge on any atom is -0.464 e. The van der Waals surface area contributed by atoms with Crippen LogP contribution in [0.15, 0.2) is 10.9 Å². The van der Waals surface area contributed by atoms with Crippen LogP contribution in [-0.2, 0) is 11.3 Å². The zero-order chi connectivity index (χ0) is 14.7. The fourth-order valence-corrected chi connectivity index (χ4v) is 3.20. The van der Waals surface area contributed by atoms with E-state index in [1.54, 1.807) is 21.5 Å². The molecular weight excluding hydrogens is 290 g/mol. The van der Waals surface area contributed by atoms with Crippen LogP contribution in [0.1, 0.15) is 40.6 Å². The maximum Gasteiger partial charge on any atom is 0.360 e. The van der Waals surface area contributed by atoms with Crippen molar-refractivity contribution in [1.82, 2.24) is 25.3 Å². The molecular formula is C13H17N5O2S. The minimum atomic E-state index is -0.423. The van der Waals surface area contributed by atoms with Gasteiger partial charge in [-0.05, 0) is 25.9 Å². The van der Waals surface area contributed by atoms with E-state index in [1.807, 2.05) is 5.38 Å². The molecule has 3 heterocycles. The molecule has 1 saturated heterocycles. The molecule has 0 amide bonds. The van der Waals surface area contributed by atoms with Crippen molar-refractivity contribution < 1.29 is 9.53 Å². The molecule has 112 valence electrons. The molecule has 0 spiro atoms. The third kappa shape index (κ3) is 2.96. The van der Waals surface area contributed by atoms with Crippen molar-refractivity contribution >= 4 is 17.3 Å². The van der Waals surface area contributed by atoms with Crippen LogP contribution < -0.4 is 5.32 Å². The highest BCUT2D eigenvalue weighted by molar-refractivity contribution is 7.07. The van der Waals surface area contributed by atoms with Crippen LogP contribution in [0.4, 0.5) is 0 Å². The molecule has 0 atom stereocenters. The summed E-state index contributed by atoms with van der Waals surface area (Å²) in [5, 5.41) is 13.5. The molecule has 2 aromatic rings. The molecule has 2 aromatic heterocycles. The molecule has 8 heteroatoms. The maximum atomic E-state index is 11.9. The highest BCUT2D eigenvalue weighted by Gasteiger charge is 2.28. The Bertz CT molecular complexity index is 604. The predicted octanol–water partition coefficient (Wildman–Crippen LogP) is 1.04. The van der Waals surface area contributed by atoms with Crippen LogP contribution in [0.2, 0.25) is 0 Å². The third-order valence-corrected chi connectivity index (χ3v) is 4.31. The number of thiazole rings is 1. The third-order valence-electron chi connectivity index (χ3n) is 3.67. The first kappa shape index (κ1) is 14.2. The molecule has 0 aromatic carbocycles. The minimum absolute atomic E-state index is 0.272. The van der Waals surface area contributed by atoms with E-state index < -0.39 is 5.97 Å². The van der Waals surface area contributed by atoms with E-state index in [1.165, 1.54) is 7.11 Å². The normalized spacial score (nSPS) is 16.0. The van der Waals surface area contributed by atoms with Gasteiger partial charge in [-0.3, -0.25) is 0 Å². The summed E-state index contributed by atoms with van der Waals surface area (Å²) < 4.78 is 6.62. The molecule has 1 aliphatic rings. The van der Waals surface area contributed by atoms with Crippen LogP contribution in [0, 0.1) is 0 Å². The van der Waals surface area contributed by atoms with Gasteiger partial charge in [0.15, 0.2) is 5.69 Å². The number of esters is 1. The van der Waals surface area contributed by atoms with E-state index in [4.69, 9.17) is 4.74 Å². The van der Waals surface area contributed by atoms with E-state index in [0.29, 0.717) is 12.2 Å². The van der Waals surface area contributed by atoms with Crippen LogP contribution in [0.5, 0.6) is 0 Å². The molecule has 1 fully saturated rings. The molecule has 0 aliphatic carbocycles. The van der Waals surface area contributed by atoms with Gasteiger partial charge in [0.1, 0.15) is 0 Å². The molecule has 3 rings (SSSR count). The second-order valence-corrected chi connectivity index (χ2v) is 5.70. The smallest absolute Gasteiger partial charge is 0.360 e. The molecule has 1 N–H and O–H groups in total. The summed E-state index contributed by atoms with van der Waals surface area (Å²) in [5.74, 6) is -0.151. The summed E-state index contributed by atoms with van der Waals surface area (Å²) in [6, 6.07) is 0. The van der Waals surface area contributed by atoms with Crippen molar-refractivity contribution in [3.8, 4) is 0 Å². The molecule has 0 radical (unpaired) electrons. The Morgan fingerprint density at radius 1 is 1.52 bits per heavy atom. The monoisotopic (exact) mass is 307 g/mol. The summed E-state index contributed by atoms with van der Waals surface area (Å²) in [6.45, 7) is 2.41. The highest BCUT2D eigenvalue weighted by atomic mass is 32.1. The summed E-state index contributed by atoms with van der Waals surface area (Å²) >= 11 is 1.54. The fourth-order valence-electron chi connectivity index (χ4n) is 2.65. The van der Waals surface area contributed by atoms with Gasteiger partial charge in [-0.15, -0.1) is 16.4 Å². The van der Waals surface area contributed by atoms with Gasteiger partial charge in [0.2, 0.25) is 0 Å². The van der Waals surface area contributed by atoms with Crippen LogP contribution in [0.3, 0.4) is 0 Å². The van der Waals surface area contributed by atoms with Gasteiger partial charge in [0.25, 0.3) is 0 Å². The first-order chi connectivity index (χ1) is 10.3. The van der Waals surface area contributed by atoms with Crippen LogP contribution in [0.25, 0.3) is 0 Å². The molecule has 0 bridgehead atoms. The average Bonchev–Trinajstić information content (AvgIpc) is 3.17.